The molecule has 3 heterocycles. The van der Waals surface area contributed by atoms with Crippen LogP contribution in [0.25, 0.3) is 0 Å². The Kier molecular flexibility index (Phi) is 5.56. The van der Waals surface area contributed by atoms with Gasteiger partial charge in [0.15, 0.2) is 0 Å². The lowest BCUT2D eigenvalue weighted by molar-refractivity contribution is -0.146. The first-order valence-corrected chi connectivity index (χ1v) is 9.09. The molecule has 2 aliphatic rings. The molecule has 0 radical (unpaired) electrons. The minimum absolute atomic E-state index is 0.0826. The molecule has 6 nitrogen and oxygen atoms in total. The van der Waals surface area contributed by atoms with Crippen molar-refractivity contribution in [1.82, 2.24) is 14.7 Å². The number of hydrogen-bond donors (Lipinski definition) is 0. The third-order valence-corrected chi connectivity index (χ3v) is 5.00. The zero-order valence-electron chi connectivity index (χ0n) is 15.0. The lowest BCUT2D eigenvalue weighted by Gasteiger charge is -2.35. The number of piperidine rings is 1. The Morgan fingerprint density at radius 3 is 2.92 bits per heavy atom. The van der Waals surface area contributed by atoms with E-state index in [1.807, 2.05) is 18.7 Å². The second-order valence-electron chi connectivity index (χ2n) is 7.06. The summed E-state index contributed by atoms with van der Waals surface area (Å²) in [5.74, 6) is 0.0826. The van der Waals surface area contributed by atoms with Crippen molar-refractivity contribution in [2.24, 2.45) is 0 Å². The van der Waals surface area contributed by atoms with Crippen molar-refractivity contribution in [1.29, 1.82) is 0 Å². The fraction of sp³-hybridized carbons (Fsp3) is 0.778. The second kappa shape index (κ2) is 7.66. The van der Waals surface area contributed by atoms with Gasteiger partial charge < -0.3 is 14.4 Å². The van der Waals surface area contributed by atoms with Crippen molar-refractivity contribution in [3.8, 4) is 0 Å². The van der Waals surface area contributed by atoms with E-state index in [9.17, 15) is 4.79 Å². The van der Waals surface area contributed by atoms with Gasteiger partial charge in [-0.2, -0.15) is 5.10 Å². The van der Waals surface area contributed by atoms with Crippen molar-refractivity contribution in [2.45, 2.75) is 64.7 Å². The molecule has 1 aromatic rings. The molecule has 0 bridgehead atoms. The van der Waals surface area contributed by atoms with E-state index in [0.29, 0.717) is 13.2 Å². The maximum Gasteiger partial charge on any atom is 0.251 e. The molecule has 2 saturated heterocycles. The highest BCUT2D eigenvalue weighted by atomic mass is 16.5. The predicted molar refractivity (Wildman–Crippen MR) is 90.9 cm³/mol. The van der Waals surface area contributed by atoms with E-state index >= 15 is 0 Å². The van der Waals surface area contributed by atoms with Gasteiger partial charge in [0.2, 0.25) is 0 Å². The summed E-state index contributed by atoms with van der Waals surface area (Å²) < 4.78 is 13.4. The molecule has 24 heavy (non-hydrogen) atoms. The van der Waals surface area contributed by atoms with Crippen molar-refractivity contribution in [3.63, 3.8) is 0 Å². The summed E-state index contributed by atoms with van der Waals surface area (Å²) in [7, 11) is 0. The second-order valence-corrected chi connectivity index (χ2v) is 7.06. The van der Waals surface area contributed by atoms with E-state index in [-0.39, 0.29) is 18.1 Å². The standard InChI is InChI=1S/C18H29N3O3/c1-13-10-14(2)21(19-13)16-6-4-8-20(11-16)18(22)15(3)24-12-17-7-5-9-23-17/h10,15-17H,4-9,11-12H2,1-3H3/t15-,16-,17-/m1/s1. The highest BCUT2D eigenvalue weighted by Crippen LogP contribution is 2.24. The van der Waals surface area contributed by atoms with Crippen LogP contribution in [0, 0.1) is 13.8 Å². The SMILES string of the molecule is Cc1cc(C)n([C@@H]2CCCN(C(=O)[C@@H](C)OC[C@H]3CCCO3)C2)n1. The quantitative estimate of drug-likeness (QED) is 0.828. The van der Waals surface area contributed by atoms with E-state index in [0.717, 1.165) is 50.2 Å². The number of likely N-dealkylation sites (tertiary alicyclic amines) is 1. The Balaban J connectivity index is 1.55. The lowest BCUT2D eigenvalue weighted by atomic mass is 10.0. The molecule has 0 aliphatic carbocycles. The minimum Gasteiger partial charge on any atom is -0.376 e. The summed E-state index contributed by atoms with van der Waals surface area (Å²) in [6, 6.07) is 2.36. The molecular weight excluding hydrogens is 306 g/mol. The van der Waals surface area contributed by atoms with Crippen LogP contribution in [0.3, 0.4) is 0 Å². The van der Waals surface area contributed by atoms with Crippen LogP contribution in [0.4, 0.5) is 0 Å². The number of amides is 1. The monoisotopic (exact) mass is 335 g/mol. The molecule has 6 heteroatoms. The Morgan fingerprint density at radius 2 is 2.25 bits per heavy atom. The number of hydrogen-bond acceptors (Lipinski definition) is 4. The number of rotatable bonds is 5. The molecule has 0 N–H and O–H groups in total. The fourth-order valence-corrected chi connectivity index (χ4v) is 3.73. The molecule has 2 fully saturated rings. The lowest BCUT2D eigenvalue weighted by Crippen LogP contribution is -2.46. The summed E-state index contributed by atoms with van der Waals surface area (Å²) in [5, 5.41) is 4.59. The third kappa shape index (κ3) is 3.98. The average molecular weight is 335 g/mol. The normalized spacial score (nSPS) is 25.9. The van der Waals surface area contributed by atoms with Gasteiger partial charge in [0.05, 0.1) is 24.4 Å². The van der Waals surface area contributed by atoms with Crippen LogP contribution >= 0.6 is 0 Å². The Labute approximate surface area is 144 Å². The van der Waals surface area contributed by atoms with Gasteiger partial charge in [0, 0.05) is 25.4 Å². The average Bonchev–Trinajstić information content (AvgIpc) is 3.21. The van der Waals surface area contributed by atoms with E-state index in [1.54, 1.807) is 0 Å². The predicted octanol–water partition coefficient (Wildman–Crippen LogP) is 2.25. The molecule has 1 aromatic heterocycles. The number of carbonyl (C=O) groups excluding carboxylic acids is 1. The topological polar surface area (TPSA) is 56.6 Å². The van der Waals surface area contributed by atoms with E-state index in [1.165, 1.54) is 0 Å². The van der Waals surface area contributed by atoms with Gasteiger partial charge in [-0.05, 0) is 52.5 Å². The first kappa shape index (κ1) is 17.4. The first-order chi connectivity index (χ1) is 11.5. The highest BCUT2D eigenvalue weighted by Gasteiger charge is 2.29. The number of ether oxygens (including phenoxy) is 2. The first-order valence-electron chi connectivity index (χ1n) is 9.09. The Hall–Kier alpha value is -1.40. The molecule has 3 atom stereocenters. The van der Waals surface area contributed by atoms with Crippen LogP contribution in [-0.4, -0.2) is 59.1 Å². The van der Waals surface area contributed by atoms with E-state index in [2.05, 4.69) is 22.8 Å². The maximum absolute atomic E-state index is 12.7. The zero-order chi connectivity index (χ0) is 17.1. The minimum atomic E-state index is -0.409. The molecule has 1 amide bonds. The molecule has 134 valence electrons. The molecule has 0 spiro atoms. The molecular formula is C18H29N3O3. The summed E-state index contributed by atoms with van der Waals surface area (Å²) in [4.78, 5) is 14.6. The van der Waals surface area contributed by atoms with Crippen LogP contribution in [0.1, 0.15) is 50.0 Å². The van der Waals surface area contributed by atoms with Crippen LogP contribution in [0.5, 0.6) is 0 Å². The molecule has 0 saturated carbocycles. The van der Waals surface area contributed by atoms with Gasteiger partial charge in [-0.25, -0.2) is 0 Å². The van der Waals surface area contributed by atoms with Crippen LogP contribution in [0.2, 0.25) is 0 Å². The smallest absolute Gasteiger partial charge is 0.251 e. The largest absolute Gasteiger partial charge is 0.376 e. The molecule has 2 aliphatic heterocycles. The van der Waals surface area contributed by atoms with Gasteiger partial charge in [-0.3, -0.25) is 9.48 Å². The van der Waals surface area contributed by atoms with Crippen LogP contribution in [-0.2, 0) is 14.3 Å². The van der Waals surface area contributed by atoms with Crippen molar-refractivity contribution < 1.29 is 14.3 Å². The van der Waals surface area contributed by atoms with Gasteiger partial charge in [0.1, 0.15) is 6.10 Å². The van der Waals surface area contributed by atoms with Gasteiger partial charge in [-0.1, -0.05) is 0 Å². The number of nitrogens with zero attached hydrogens (tertiary/aromatic N) is 3. The zero-order valence-corrected chi connectivity index (χ0v) is 15.0. The fourth-order valence-electron chi connectivity index (χ4n) is 3.73. The Morgan fingerprint density at radius 1 is 1.42 bits per heavy atom. The van der Waals surface area contributed by atoms with Gasteiger partial charge in [-0.15, -0.1) is 0 Å². The molecule has 3 rings (SSSR count). The van der Waals surface area contributed by atoms with Crippen molar-refractivity contribution in [3.05, 3.63) is 17.5 Å². The number of aryl methyl sites for hydroxylation is 2. The summed E-state index contributed by atoms with van der Waals surface area (Å²) in [6.45, 7) is 8.79. The number of aromatic nitrogens is 2. The van der Waals surface area contributed by atoms with Gasteiger partial charge in [0.25, 0.3) is 5.91 Å². The maximum atomic E-state index is 12.7. The summed E-state index contributed by atoms with van der Waals surface area (Å²) >= 11 is 0. The molecule has 0 unspecified atom stereocenters. The van der Waals surface area contributed by atoms with Crippen LogP contribution in [0.15, 0.2) is 6.07 Å². The van der Waals surface area contributed by atoms with Gasteiger partial charge >= 0.3 is 0 Å². The summed E-state index contributed by atoms with van der Waals surface area (Å²) in [6.07, 6.45) is 3.94. The van der Waals surface area contributed by atoms with Crippen molar-refractivity contribution >= 4 is 5.91 Å². The number of carbonyl (C=O) groups is 1. The van der Waals surface area contributed by atoms with Crippen LogP contribution < -0.4 is 0 Å². The summed E-state index contributed by atoms with van der Waals surface area (Å²) in [5.41, 5.74) is 2.19. The Bertz CT molecular complexity index is 566. The van der Waals surface area contributed by atoms with E-state index < -0.39 is 6.10 Å². The van der Waals surface area contributed by atoms with E-state index in [4.69, 9.17) is 9.47 Å². The molecule has 0 aromatic carbocycles. The third-order valence-electron chi connectivity index (χ3n) is 5.00. The van der Waals surface area contributed by atoms with Crippen molar-refractivity contribution in [2.75, 3.05) is 26.3 Å². The highest BCUT2D eigenvalue weighted by molar-refractivity contribution is 5.80.